The van der Waals surface area contributed by atoms with E-state index in [0.29, 0.717) is 0 Å². The zero-order valence-electron chi connectivity index (χ0n) is 10.8. The Morgan fingerprint density at radius 3 is 2.57 bits per heavy atom. The highest BCUT2D eigenvalue weighted by molar-refractivity contribution is 6.30. The lowest BCUT2D eigenvalue weighted by molar-refractivity contribution is -0.384. The molecule has 21 heavy (non-hydrogen) atoms. The van der Waals surface area contributed by atoms with Gasteiger partial charge < -0.3 is 4.74 Å². The Balaban J connectivity index is 2.64. The summed E-state index contributed by atoms with van der Waals surface area (Å²) >= 11 is 5.67. The molecular weight excluding hydrogens is 301 g/mol. The van der Waals surface area contributed by atoms with Gasteiger partial charge in [0.1, 0.15) is 5.82 Å². The molecule has 0 bridgehead atoms. The summed E-state index contributed by atoms with van der Waals surface area (Å²) in [7, 11) is 1.16. The van der Waals surface area contributed by atoms with E-state index in [9.17, 15) is 19.3 Å². The summed E-state index contributed by atoms with van der Waals surface area (Å²) in [5, 5.41) is 11.1. The summed E-state index contributed by atoms with van der Waals surface area (Å²) in [4.78, 5) is 21.8. The topological polar surface area (TPSA) is 69.4 Å². The molecule has 7 heteroatoms. The number of rotatable bonds is 3. The summed E-state index contributed by atoms with van der Waals surface area (Å²) in [5.74, 6) is -1.38. The van der Waals surface area contributed by atoms with Crippen molar-refractivity contribution in [2.24, 2.45) is 0 Å². The molecule has 0 unspecified atom stereocenters. The number of halogens is 2. The van der Waals surface area contributed by atoms with Crippen LogP contribution in [0, 0.1) is 15.9 Å². The minimum absolute atomic E-state index is 0.0314. The lowest BCUT2D eigenvalue weighted by Gasteiger charge is -2.06. The number of benzene rings is 2. The highest BCUT2D eigenvalue weighted by Crippen LogP contribution is 2.29. The number of hydrogen-bond donors (Lipinski definition) is 0. The summed E-state index contributed by atoms with van der Waals surface area (Å²) in [6.07, 6.45) is 0. The number of nitro groups is 1. The molecule has 0 radical (unpaired) electrons. The molecule has 0 aliphatic rings. The van der Waals surface area contributed by atoms with Crippen molar-refractivity contribution in [3.8, 4) is 11.1 Å². The zero-order chi connectivity index (χ0) is 15.6. The molecular formula is C14H9ClFNO4. The molecule has 5 nitrogen and oxygen atoms in total. The minimum atomic E-state index is -0.741. The Morgan fingerprint density at radius 1 is 1.29 bits per heavy atom. The number of esters is 1. The number of hydrogen-bond acceptors (Lipinski definition) is 4. The van der Waals surface area contributed by atoms with Crippen LogP contribution >= 0.6 is 11.6 Å². The second kappa shape index (κ2) is 5.88. The van der Waals surface area contributed by atoms with Crippen LogP contribution in [-0.2, 0) is 4.74 Å². The van der Waals surface area contributed by atoms with Gasteiger partial charge in [0, 0.05) is 22.7 Å². The van der Waals surface area contributed by atoms with Crippen LogP contribution in [0.1, 0.15) is 10.4 Å². The number of nitro benzene ring substituents is 1. The number of nitrogens with zero attached hydrogens (tertiary/aromatic N) is 1. The Morgan fingerprint density at radius 2 is 2.00 bits per heavy atom. The van der Waals surface area contributed by atoms with Gasteiger partial charge in [-0.25, -0.2) is 9.18 Å². The van der Waals surface area contributed by atoms with Crippen LogP contribution in [0.15, 0.2) is 36.4 Å². The third-order valence-electron chi connectivity index (χ3n) is 2.79. The van der Waals surface area contributed by atoms with Gasteiger partial charge in [-0.15, -0.1) is 0 Å². The van der Waals surface area contributed by atoms with Gasteiger partial charge in [0.2, 0.25) is 0 Å². The summed E-state index contributed by atoms with van der Waals surface area (Å²) < 4.78 is 18.4. The molecule has 0 aliphatic heterocycles. The van der Waals surface area contributed by atoms with Crippen molar-refractivity contribution in [2.75, 3.05) is 7.11 Å². The van der Waals surface area contributed by atoms with Gasteiger partial charge >= 0.3 is 5.97 Å². The predicted molar refractivity (Wildman–Crippen MR) is 74.8 cm³/mol. The highest BCUT2D eigenvalue weighted by atomic mass is 35.5. The first-order valence-electron chi connectivity index (χ1n) is 5.75. The maximum absolute atomic E-state index is 13.9. The molecule has 108 valence electrons. The van der Waals surface area contributed by atoms with Crippen LogP contribution in [0.4, 0.5) is 10.1 Å². The lowest BCUT2D eigenvalue weighted by Crippen LogP contribution is -2.03. The molecule has 0 amide bonds. The number of methoxy groups -OCH3 is 1. The average molecular weight is 310 g/mol. The zero-order valence-corrected chi connectivity index (χ0v) is 11.6. The van der Waals surface area contributed by atoms with Gasteiger partial charge in [0.15, 0.2) is 0 Å². The van der Waals surface area contributed by atoms with Gasteiger partial charge in [-0.05, 0) is 29.8 Å². The van der Waals surface area contributed by atoms with Gasteiger partial charge in [-0.2, -0.15) is 0 Å². The van der Waals surface area contributed by atoms with Crippen LogP contribution in [0.5, 0.6) is 0 Å². The molecule has 0 aromatic heterocycles. The van der Waals surface area contributed by atoms with E-state index in [-0.39, 0.29) is 27.4 Å². The molecule has 0 heterocycles. The van der Waals surface area contributed by atoms with Crippen LogP contribution < -0.4 is 0 Å². The predicted octanol–water partition coefficient (Wildman–Crippen LogP) is 3.84. The van der Waals surface area contributed by atoms with Crippen molar-refractivity contribution in [3.63, 3.8) is 0 Å². The Labute approximate surface area is 124 Å². The van der Waals surface area contributed by atoms with Crippen LogP contribution in [0.25, 0.3) is 11.1 Å². The number of non-ortho nitro benzene ring substituents is 1. The van der Waals surface area contributed by atoms with Crippen molar-refractivity contribution in [1.82, 2.24) is 0 Å². The SMILES string of the molecule is COC(=O)c1cc(-c2ccc(Cl)cc2F)cc([N+](=O)[O-])c1. The smallest absolute Gasteiger partial charge is 0.338 e. The van der Waals surface area contributed by atoms with Gasteiger partial charge in [-0.3, -0.25) is 10.1 Å². The molecule has 0 saturated carbocycles. The molecule has 2 aromatic rings. The second-order valence-electron chi connectivity index (χ2n) is 4.14. The van der Waals surface area contributed by atoms with Gasteiger partial charge in [-0.1, -0.05) is 11.6 Å². The molecule has 0 fully saturated rings. The fourth-order valence-electron chi connectivity index (χ4n) is 1.83. The summed E-state index contributed by atoms with van der Waals surface area (Å²) in [5.41, 5.74) is -0.0645. The van der Waals surface area contributed by atoms with Crippen molar-refractivity contribution >= 4 is 23.3 Å². The third-order valence-corrected chi connectivity index (χ3v) is 3.03. The van der Waals surface area contributed by atoms with E-state index in [0.717, 1.165) is 19.2 Å². The third kappa shape index (κ3) is 3.17. The first kappa shape index (κ1) is 14.9. The normalized spacial score (nSPS) is 10.2. The van der Waals surface area contributed by atoms with Crippen molar-refractivity contribution in [3.05, 3.63) is 62.9 Å². The van der Waals surface area contributed by atoms with E-state index >= 15 is 0 Å². The monoisotopic (exact) mass is 309 g/mol. The Hall–Kier alpha value is -2.47. The minimum Gasteiger partial charge on any atom is -0.465 e. The second-order valence-corrected chi connectivity index (χ2v) is 4.58. The van der Waals surface area contributed by atoms with Gasteiger partial charge in [0.25, 0.3) is 5.69 Å². The van der Waals surface area contributed by atoms with Gasteiger partial charge in [0.05, 0.1) is 17.6 Å². The van der Waals surface area contributed by atoms with Crippen molar-refractivity contribution in [2.45, 2.75) is 0 Å². The molecule has 2 aromatic carbocycles. The summed E-state index contributed by atoms with van der Waals surface area (Å²) in [6.45, 7) is 0. The van der Waals surface area contributed by atoms with Crippen LogP contribution in [-0.4, -0.2) is 18.0 Å². The van der Waals surface area contributed by atoms with E-state index in [1.165, 1.54) is 24.3 Å². The quantitative estimate of drug-likeness (QED) is 0.490. The van der Waals surface area contributed by atoms with Crippen molar-refractivity contribution in [1.29, 1.82) is 0 Å². The number of ether oxygens (including phenoxy) is 1. The molecule has 0 spiro atoms. The lowest BCUT2D eigenvalue weighted by atomic mass is 10.0. The molecule has 0 N–H and O–H groups in total. The standard InChI is InChI=1S/C14H9ClFNO4/c1-21-14(18)9-4-8(5-11(6-9)17(19)20)12-3-2-10(15)7-13(12)16/h2-7H,1H3. The van der Waals surface area contributed by atoms with E-state index in [1.54, 1.807) is 0 Å². The molecule has 0 saturated heterocycles. The fourth-order valence-corrected chi connectivity index (χ4v) is 1.99. The first-order valence-corrected chi connectivity index (χ1v) is 6.13. The highest BCUT2D eigenvalue weighted by Gasteiger charge is 2.17. The Bertz CT molecular complexity index is 733. The maximum Gasteiger partial charge on any atom is 0.338 e. The molecule has 0 aliphatic carbocycles. The van der Waals surface area contributed by atoms with Crippen LogP contribution in [0.2, 0.25) is 5.02 Å². The Kier molecular flexibility index (Phi) is 4.18. The molecule has 2 rings (SSSR count). The van der Waals surface area contributed by atoms with Crippen molar-refractivity contribution < 1.29 is 18.8 Å². The van der Waals surface area contributed by atoms with E-state index in [4.69, 9.17) is 11.6 Å². The largest absolute Gasteiger partial charge is 0.465 e. The first-order chi connectivity index (χ1) is 9.92. The maximum atomic E-state index is 13.9. The number of carbonyl (C=O) groups is 1. The van der Waals surface area contributed by atoms with E-state index in [1.807, 2.05) is 0 Å². The van der Waals surface area contributed by atoms with E-state index in [2.05, 4.69) is 4.74 Å². The summed E-state index contributed by atoms with van der Waals surface area (Å²) in [6, 6.07) is 7.51. The average Bonchev–Trinajstić information content (AvgIpc) is 2.45. The molecule has 0 atom stereocenters. The fraction of sp³-hybridized carbons (Fsp3) is 0.0714. The van der Waals surface area contributed by atoms with E-state index < -0.39 is 16.7 Å². The van der Waals surface area contributed by atoms with Crippen LogP contribution in [0.3, 0.4) is 0 Å². The number of carbonyl (C=O) groups excluding carboxylic acids is 1.